The highest BCUT2D eigenvalue weighted by Crippen LogP contribution is 2.21. The maximum absolute atomic E-state index is 13.3. The van der Waals surface area contributed by atoms with Gasteiger partial charge in [0.05, 0.1) is 22.5 Å². The molecule has 1 unspecified atom stereocenters. The van der Waals surface area contributed by atoms with E-state index in [4.69, 9.17) is 11.6 Å². The molecule has 0 spiro atoms. The lowest BCUT2D eigenvalue weighted by molar-refractivity contribution is -0.123. The van der Waals surface area contributed by atoms with E-state index in [9.17, 15) is 17.6 Å². The Labute approximate surface area is 181 Å². The Morgan fingerprint density at radius 3 is 2.37 bits per heavy atom. The number of carbonyl (C=O) groups is 1. The summed E-state index contributed by atoms with van der Waals surface area (Å²) in [4.78, 5) is 14.6. The van der Waals surface area contributed by atoms with Crippen molar-refractivity contribution in [3.05, 3.63) is 64.4 Å². The van der Waals surface area contributed by atoms with Gasteiger partial charge in [0, 0.05) is 26.2 Å². The molecule has 2 aromatic carbocycles. The van der Waals surface area contributed by atoms with Crippen LogP contribution in [0.2, 0.25) is 5.02 Å². The summed E-state index contributed by atoms with van der Waals surface area (Å²) in [6.07, 6.45) is 0. The minimum atomic E-state index is -3.53. The lowest BCUT2D eigenvalue weighted by Gasteiger charge is -2.33. The molecule has 1 atom stereocenters. The molecule has 6 nitrogen and oxygen atoms in total. The summed E-state index contributed by atoms with van der Waals surface area (Å²) in [5, 5.41) is 2.88. The molecule has 9 heteroatoms. The van der Waals surface area contributed by atoms with Crippen LogP contribution in [0.25, 0.3) is 0 Å². The van der Waals surface area contributed by atoms with Crippen molar-refractivity contribution in [3.8, 4) is 0 Å². The number of nitrogens with zero attached hydrogens (tertiary/aromatic N) is 2. The molecule has 0 bridgehead atoms. The van der Waals surface area contributed by atoms with Gasteiger partial charge in [0.1, 0.15) is 5.82 Å². The van der Waals surface area contributed by atoms with E-state index in [1.165, 1.54) is 16.4 Å². The molecule has 1 saturated heterocycles. The van der Waals surface area contributed by atoms with Crippen molar-refractivity contribution >= 4 is 27.5 Å². The van der Waals surface area contributed by atoms with Gasteiger partial charge >= 0.3 is 0 Å². The first kappa shape index (κ1) is 22.7. The minimum Gasteiger partial charge on any atom is -0.348 e. The van der Waals surface area contributed by atoms with Crippen molar-refractivity contribution in [1.29, 1.82) is 0 Å². The van der Waals surface area contributed by atoms with Crippen LogP contribution < -0.4 is 5.32 Å². The molecule has 1 heterocycles. The molecule has 0 saturated carbocycles. The molecule has 2 aromatic rings. The van der Waals surface area contributed by atoms with Crippen LogP contribution in [-0.2, 0) is 14.8 Å². The highest BCUT2D eigenvalue weighted by Gasteiger charge is 2.29. The van der Waals surface area contributed by atoms with Gasteiger partial charge in [-0.25, -0.2) is 12.8 Å². The molecule has 1 aliphatic rings. The van der Waals surface area contributed by atoms with Crippen LogP contribution in [0.15, 0.2) is 47.4 Å². The lowest BCUT2D eigenvalue weighted by atomic mass is 10.1. The summed E-state index contributed by atoms with van der Waals surface area (Å²) < 4.78 is 40.3. The van der Waals surface area contributed by atoms with Crippen LogP contribution in [0.3, 0.4) is 0 Å². The van der Waals surface area contributed by atoms with Crippen LogP contribution >= 0.6 is 11.6 Å². The number of nitrogens with one attached hydrogen (secondary N) is 1. The number of amides is 1. The number of halogens is 2. The standard InChI is InChI=1S/C21H25ClFN3O3S/c1-15-3-6-18(7-4-15)30(28,29)26-11-9-25(10-12-26)14-21(27)24-16(2)17-5-8-20(23)19(22)13-17/h3-8,13,16H,9-12,14H2,1-2H3,(H,24,27). The van der Waals surface area contributed by atoms with Gasteiger partial charge in [0.25, 0.3) is 0 Å². The summed E-state index contributed by atoms with van der Waals surface area (Å²) in [5.74, 6) is -0.685. The van der Waals surface area contributed by atoms with Crippen molar-refractivity contribution in [1.82, 2.24) is 14.5 Å². The fourth-order valence-electron chi connectivity index (χ4n) is 3.34. The molecule has 0 aliphatic carbocycles. The first-order valence-corrected chi connectivity index (χ1v) is 11.5. The molecule has 1 N–H and O–H groups in total. The Bertz CT molecular complexity index is 1010. The number of carbonyl (C=O) groups excluding carboxylic acids is 1. The number of benzene rings is 2. The zero-order chi connectivity index (χ0) is 21.9. The van der Waals surface area contributed by atoms with Gasteiger partial charge in [0.15, 0.2) is 0 Å². The van der Waals surface area contributed by atoms with E-state index in [1.54, 1.807) is 37.3 Å². The van der Waals surface area contributed by atoms with Gasteiger partial charge in [-0.2, -0.15) is 4.31 Å². The van der Waals surface area contributed by atoms with Crippen molar-refractivity contribution in [3.63, 3.8) is 0 Å². The second-order valence-electron chi connectivity index (χ2n) is 7.46. The van der Waals surface area contributed by atoms with E-state index in [-0.39, 0.29) is 28.4 Å². The van der Waals surface area contributed by atoms with Gasteiger partial charge in [-0.15, -0.1) is 0 Å². The maximum Gasteiger partial charge on any atom is 0.243 e. The number of hydrogen-bond donors (Lipinski definition) is 1. The molecule has 30 heavy (non-hydrogen) atoms. The quantitative estimate of drug-likeness (QED) is 0.730. The molecule has 1 amide bonds. The summed E-state index contributed by atoms with van der Waals surface area (Å²) in [7, 11) is -3.53. The average Bonchev–Trinajstić information content (AvgIpc) is 2.70. The number of aryl methyl sites for hydroxylation is 1. The molecule has 0 aromatic heterocycles. The Hall–Kier alpha value is -2.00. The van der Waals surface area contributed by atoms with E-state index < -0.39 is 15.8 Å². The first-order chi connectivity index (χ1) is 14.2. The van der Waals surface area contributed by atoms with E-state index in [1.807, 2.05) is 11.8 Å². The normalized spacial score (nSPS) is 16.9. The van der Waals surface area contributed by atoms with Crippen LogP contribution in [0.4, 0.5) is 4.39 Å². The smallest absolute Gasteiger partial charge is 0.243 e. The van der Waals surface area contributed by atoms with Gasteiger partial charge in [-0.05, 0) is 43.7 Å². The monoisotopic (exact) mass is 453 g/mol. The van der Waals surface area contributed by atoms with Crippen molar-refractivity contribution in [2.24, 2.45) is 0 Å². The van der Waals surface area contributed by atoms with Crippen molar-refractivity contribution in [2.45, 2.75) is 24.8 Å². The predicted octanol–water partition coefficient (Wildman–Crippen LogP) is 2.97. The average molecular weight is 454 g/mol. The lowest BCUT2D eigenvalue weighted by Crippen LogP contribution is -2.51. The number of rotatable bonds is 6. The van der Waals surface area contributed by atoms with Gasteiger partial charge < -0.3 is 5.32 Å². The fraction of sp³-hybridized carbons (Fsp3) is 0.381. The summed E-state index contributed by atoms with van der Waals surface area (Å²) in [6, 6.07) is 10.8. The zero-order valence-corrected chi connectivity index (χ0v) is 18.5. The number of sulfonamides is 1. The SMILES string of the molecule is Cc1ccc(S(=O)(=O)N2CCN(CC(=O)NC(C)c3ccc(F)c(Cl)c3)CC2)cc1. The Balaban J connectivity index is 1.52. The maximum atomic E-state index is 13.3. The fourth-order valence-corrected chi connectivity index (χ4v) is 4.95. The zero-order valence-electron chi connectivity index (χ0n) is 16.9. The summed E-state index contributed by atoms with van der Waals surface area (Å²) in [5.41, 5.74) is 1.71. The molecule has 1 aliphatic heterocycles. The number of hydrogen-bond acceptors (Lipinski definition) is 4. The van der Waals surface area contributed by atoms with Gasteiger partial charge in [-0.3, -0.25) is 9.69 Å². The second-order valence-corrected chi connectivity index (χ2v) is 9.80. The Kier molecular flexibility index (Phi) is 7.13. The third-order valence-electron chi connectivity index (χ3n) is 5.18. The molecule has 0 radical (unpaired) electrons. The van der Waals surface area contributed by atoms with Crippen molar-refractivity contribution in [2.75, 3.05) is 32.7 Å². The molecule has 162 valence electrons. The molecule has 1 fully saturated rings. The third-order valence-corrected chi connectivity index (χ3v) is 7.38. The predicted molar refractivity (Wildman–Crippen MR) is 114 cm³/mol. The molecular weight excluding hydrogens is 429 g/mol. The number of piperazine rings is 1. The first-order valence-electron chi connectivity index (χ1n) is 9.70. The molecule has 3 rings (SSSR count). The van der Waals surface area contributed by atoms with E-state index in [0.29, 0.717) is 31.7 Å². The van der Waals surface area contributed by atoms with Crippen molar-refractivity contribution < 1.29 is 17.6 Å². The summed E-state index contributed by atoms with van der Waals surface area (Å²) >= 11 is 5.80. The minimum absolute atomic E-state index is 0.0134. The van der Waals surface area contributed by atoms with Crippen LogP contribution in [0, 0.1) is 12.7 Å². The largest absolute Gasteiger partial charge is 0.348 e. The van der Waals surface area contributed by atoms with Crippen LogP contribution in [-0.4, -0.2) is 56.3 Å². The van der Waals surface area contributed by atoms with E-state index in [0.717, 1.165) is 5.56 Å². The highest BCUT2D eigenvalue weighted by molar-refractivity contribution is 7.89. The van der Waals surface area contributed by atoms with Gasteiger partial charge in [-0.1, -0.05) is 35.4 Å². The highest BCUT2D eigenvalue weighted by atomic mass is 35.5. The van der Waals surface area contributed by atoms with Crippen LogP contribution in [0.5, 0.6) is 0 Å². The molecular formula is C21H25ClFN3O3S. The summed E-state index contributed by atoms with van der Waals surface area (Å²) in [6.45, 7) is 5.46. The van der Waals surface area contributed by atoms with E-state index in [2.05, 4.69) is 5.32 Å². The van der Waals surface area contributed by atoms with Gasteiger partial charge in [0.2, 0.25) is 15.9 Å². The van der Waals surface area contributed by atoms with Crippen LogP contribution in [0.1, 0.15) is 24.1 Å². The third kappa shape index (κ3) is 5.37. The van der Waals surface area contributed by atoms with E-state index >= 15 is 0 Å². The Morgan fingerprint density at radius 2 is 1.77 bits per heavy atom. The topological polar surface area (TPSA) is 69.7 Å². The second kappa shape index (κ2) is 9.43. The Morgan fingerprint density at radius 1 is 1.13 bits per heavy atom.